The fraction of sp³-hybridized carbons (Fsp3) is 0.800. The number of carboxylic acids is 1. The molecule has 0 saturated carbocycles. The lowest BCUT2D eigenvalue weighted by Crippen LogP contribution is -2.80. The van der Waals surface area contributed by atoms with Gasteiger partial charge in [0.05, 0.1) is 6.54 Å². The number of hydrogen-bond donors (Lipinski definition) is 2. The van der Waals surface area contributed by atoms with Gasteiger partial charge < -0.3 is 21.0 Å². The molecular formula is C5H10N2O2. The first-order valence-corrected chi connectivity index (χ1v) is 2.93. The second-order valence-corrected chi connectivity index (χ2v) is 2.49. The molecule has 4 N–H and O–H groups in total. The highest BCUT2D eigenvalue weighted by molar-refractivity contribution is 5.75. The maximum absolute atomic E-state index is 10.3. The zero-order valence-electron chi connectivity index (χ0n) is 5.14. The fourth-order valence-electron chi connectivity index (χ4n) is 0.918. The molecule has 0 radical (unpaired) electrons. The zero-order valence-corrected chi connectivity index (χ0v) is 5.14. The molecular weight excluding hydrogens is 120 g/mol. The lowest BCUT2D eigenvalue weighted by Gasteiger charge is -2.18. The van der Waals surface area contributed by atoms with Gasteiger partial charge in [0.25, 0.3) is 0 Å². The van der Waals surface area contributed by atoms with Crippen LogP contribution in [-0.4, -0.2) is 24.6 Å². The van der Waals surface area contributed by atoms with Crippen molar-refractivity contribution in [2.24, 2.45) is 0 Å². The molecule has 0 aromatic heterocycles. The van der Waals surface area contributed by atoms with Crippen molar-refractivity contribution in [2.45, 2.75) is 12.0 Å². The summed E-state index contributed by atoms with van der Waals surface area (Å²) in [6, 6.07) is 0. The number of aliphatic carboxylic acids is 1. The van der Waals surface area contributed by atoms with Gasteiger partial charge in [-0.2, -0.15) is 0 Å². The molecule has 0 bridgehead atoms. The third-order valence-electron chi connectivity index (χ3n) is 1.68. The minimum atomic E-state index is -1.05. The zero-order chi connectivity index (χ0) is 6.91. The molecule has 1 atom stereocenters. The number of carbonyl (C=O) groups is 1. The van der Waals surface area contributed by atoms with E-state index in [1.54, 1.807) is 0 Å². The highest BCUT2D eigenvalue weighted by atomic mass is 16.4. The van der Waals surface area contributed by atoms with Gasteiger partial charge in [0.2, 0.25) is 0 Å². The summed E-state index contributed by atoms with van der Waals surface area (Å²) in [6.45, 7) is 1.17. The van der Waals surface area contributed by atoms with Crippen LogP contribution in [0.1, 0.15) is 6.42 Å². The smallest absolute Gasteiger partial charge is 0.148 e. The van der Waals surface area contributed by atoms with E-state index in [1.807, 2.05) is 0 Å². The Morgan fingerprint density at radius 1 is 1.78 bits per heavy atom. The van der Waals surface area contributed by atoms with E-state index in [-0.39, 0.29) is 0 Å². The van der Waals surface area contributed by atoms with Crippen molar-refractivity contribution in [1.82, 2.24) is 5.32 Å². The fourth-order valence-corrected chi connectivity index (χ4v) is 0.918. The SMILES string of the molecule is [NH3+]C1(C(=O)[O-])CCNC1. The van der Waals surface area contributed by atoms with E-state index in [2.05, 4.69) is 11.1 Å². The summed E-state index contributed by atoms with van der Waals surface area (Å²) in [6.07, 6.45) is 0.579. The molecule has 0 aliphatic carbocycles. The van der Waals surface area contributed by atoms with Gasteiger partial charge in [-0.1, -0.05) is 0 Å². The molecule has 1 saturated heterocycles. The van der Waals surface area contributed by atoms with Gasteiger partial charge in [-0.25, -0.2) is 0 Å². The molecule has 4 nitrogen and oxygen atoms in total. The lowest BCUT2D eigenvalue weighted by molar-refractivity contribution is -0.480. The van der Waals surface area contributed by atoms with Crippen LogP contribution < -0.4 is 16.2 Å². The third-order valence-corrected chi connectivity index (χ3v) is 1.68. The summed E-state index contributed by atoms with van der Waals surface area (Å²) in [5.41, 5.74) is 2.68. The number of rotatable bonds is 1. The van der Waals surface area contributed by atoms with Crippen LogP contribution in [0.3, 0.4) is 0 Å². The van der Waals surface area contributed by atoms with E-state index in [9.17, 15) is 9.90 Å². The van der Waals surface area contributed by atoms with Crippen molar-refractivity contribution in [1.29, 1.82) is 0 Å². The van der Waals surface area contributed by atoms with Gasteiger partial charge in [-0.05, 0) is 0 Å². The predicted octanol–water partition coefficient (Wildman–Crippen LogP) is -3.29. The molecule has 52 valence electrons. The van der Waals surface area contributed by atoms with Crippen LogP contribution in [0.5, 0.6) is 0 Å². The normalized spacial score (nSPS) is 34.8. The van der Waals surface area contributed by atoms with Gasteiger partial charge in [-0.3, -0.25) is 0 Å². The van der Waals surface area contributed by atoms with Crippen LogP contribution in [0.2, 0.25) is 0 Å². The summed E-state index contributed by atoms with van der Waals surface area (Å²) >= 11 is 0. The average Bonchev–Trinajstić information content (AvgIpc) is 2.16. The lowest BCUT2D eigenvalue weighted by atomic mass is 10.0. The van der Waals surface area contributed by atoms with Crippen molar-refractivity contribution in [3.8, 4) is 0 Å². The van der Waals surface area contributed by atoms with Crippen LogP contribution in [0, 0.1) is 0 Å². The Kier molecular flexibility index (Phi) is 1.42. The summed E-state index contributed by atoms with van der Waals surface area (Å²) < 4.78 is 0. The maximum atomic E-state index is 10.3. The molecule has 1 aliphatic heterocycles. The number of quaternary nitrogens is 1. The van der Waals surface area contributed by atoms with Gasteiger partial charge in [-0.15, -0.1) is 0 Å². The van der Waals surface area contributed by atoms with Crippen molar-refractivity contribution in [3.63, 3.8) is 0 Å². The first-order valence-electron chi connectivity index (χ1n) is 2.93. The Morgan fingerprint density at radius 2 is 2.44 bits per heavy atom. The van der Waals surface area contributed by atoms with E-state index in [4.69, 9.17) is 0 Å². The minimum Gasteiger partial charge on any atom is -0.544 e. The molecule has 1 unspecified atom stereocenters. The van der Waals surface area contributed by atoms with Gasteiger partial charge in [0.1, 0.15) is 11.5 Å². The van der Waals surface area contributed by atoms with Crippen LogP contribution in [0.15, 0.2) is 0 Å². The van der Waals surface area contributed by atoms with Crippen LogP contribution in [-0.2, 0) is 4.79 Å². The van der Waals surface area contributed by atoms with Crippen molar-refractivity contribution < 1.29 is 15.6 Å². The van der Waals surface area contributed by atoms with Crippen molar-refractivity contribution in [2.75, 3.05) is 13.1 Å². The van der Waals surface area contributed by atoms with Crippen LogP contribution >= 0.6 is 0 Å². The van der Waals surface area contributed by atoms with Gasteiger partial charge in [0.15, 0.2) is 0 Å². The van der Waals surface area contributed by atoms with Crippen LogP contribution in [0.4, 0.5) is 0 Å². The largest absolute Gasteiger partial charge is 0.544 e. The molecule has 0 aromatic carbocycles. The summed E-state index contributed by atoms with van der Waals surface area (Å²) in [4.78, 5) is 10.3. The molecule has 0 aromatic rings. The van der Waals surface area contributed by atoms with E-state index in [1.165, 1.54) is 0 Å². The second kappa shape index (κ2) is 1.97. The Labute approximate surface area is 53.0 Å². The van der Waals surface area contributed by atoms with Crippen molar-refractivity contribution >= 4 is 5.97 Å². The average molecular weight is 130 g/mol. The number of carboxylic acid groups (broad SMARTS) is 1. The molecule has 0 spiro atoms. The Balaban J connectivity index is 2.61. The highest BCUT2D eigenvalue weighted by Gasteiger charge is 2.34. The molecule has 1 fully saturated rings. The van der Waals surface area contributed by atoms with Gasteiger partial charge in [0, 0.05) is 13.0 Å². The van der Waals surface area contributed by atoms with Crippen LogP contribution in [0.25, 0.3) is 0 Å². The third kappa shape index (κ3) is 1.04. The summed E-state index contributed by atoms with van der Waals surface area (Å²) in [7, 11) is 0. The molecule has 1 aliphatic rings. The molecule has 1 heterocycles. The second-order valence-electron chi connectivity index (χ2n) is 2.49. The highest BCUT2D eigenvalue weighted by Crippen LogP contribution is 2.05. The Hall–Kier alpha value is -0.610. The number of carbonyl (C=O) groups excluding carboxylic acids is 1. The predicted molar refractivity (Wildman–Crippen MR) is 28.1 cm³/mol. The van der Waals surface area contributed by atoms with E-state index in [0.717, 1.165) is 6.54 Å². The van der Waals surface area contributed by atoms with E-state index >= 15 is 0 Å². The quantitative estimate of drug-likeness (QED) is 0.390. The molecule has 4 heteroatoms. The maximum Gasteiger partial charge on any atom is 0.148 e. The topological polar surface area (TPSA) is 79.8 Å². The first kappa shape index (κ1) is 6.51. The summed E-state index contributed by atoms with van der Waals surface area (Å²) in [5.74, 6) is -1.05. The standard InChI is InChI=1S/C5H10N2O2/c6-5(4(8)9)1-2-7-3-5/h7H,1-3,6H2,(H,8,9). The molecule has 1 rings (SSSR count). The number of hydrogen-bond acceptors (Lipinski definition) is 3. The summed E-state index contributed by atoms with van der Waals surface area (Å²) in [5, 5.41) is 13.2. The minimum absolute atomic E-state index is 0.440. The Bertz CT molecular complexity index is 129. The number of nitrogens with one attached hydrogen (secondary N) is 1. The van der Waals surface area contributed by atoms with E-state index in [0.29, 0.717) is 13.0 Å². The van der Waals surface area contributed by atoms with E-state index < -0.39 is 11.5 Å². The van der Waals surface area contributed by atoms with Crippen molar-refractivity contribution in [3.05, 3.63) is 0 Å². The monoisotopic (exact) mass is 130 g/mol. The first-order chi connectivity index (χ1) is 4.15. The molecule has 0 amide bonds. The molecule has 9 heavy (non-hydrogen) atoms. The Morgan fingerprint density at radius 3 is 2.67 bits per heavy atom. The van der Waals surface area contributed by atoms with Gasteiger partial charge >= 0.3 is 0 Å².